The molecule has 8 heteroatoms. The monoisotopic (exact) mass is 395 g/mol. The summed E-state index contributed by atoms with van der Waals surface area (Å²) in [7, 11) is 0. The third-order valence-corrected chi connectivity index (χ3v) is 3.95. The van der Waals surface area contributed by atoms with Crippen molar-refractivity contribution in [3.63, 3.8) is 0 Å². The van der Waals surface area contributed by atoms with Crippen molar-refractivity contribution in [1.82, 2.24) is 5.32 Å². The second-order valence-corrected chi connectivity index (χ2v) is 6.05. The van der Waals surface area contributed by atoms with Gasteiger partial charge in [0.1, 0.15) is 0 Å². The van der Waals surface area contributed by atoms with Crippen LogP contribution in [0.25, 0.3) is 5.70 Å². The molecule has 1 nitrogen and oxygen atoms in total. The third kappa shape index (κ3) is 4.64. The minimum Gasteiger partial charge on any atom is -0.379 e. The molecular weight excluding hydrogens is 384 g/mol. The fraction of sp³-hybridized carbons (Fsp3) is 0.176. The number of nitrogens with one attached hydrogen (secondary N) is 1. The smallest absolute Gasteiger partial charge is 0.379 e. The van der Waals surface area contributed by atoms with Crippen LogP contribution in [0.3, 0.4) is 0 Å². The summed E-state index contributed by atoms with van der Waals surface area (Å²) in [6.07, 6.45) is -4.62. The molecule has 0 aliphatic carbocycles. The molecule has 1 N–H and O–H groups in total. The number of halogens is 7. The first-order valence-corrected chi connectivity index (χ1v) is 7.70. The summed E-state index contributed by atoms with van der Waals surface area (Å²) in [5.74, 6) is -3.43. The molecule has 0 bridgehead atoms. The molecule has 0 saturated heterocycles. The molecule has 2 aromatic carbocycles. The van der Waals surface area contributed by atoms with Crippen molar-refractivity contribution < 1.29 is 22.0 Å². The second-order valence-electron chi connectivity index (χ2n) is 5.20. The second kappa shape index (κ2) is 7.22. The van der Waals surface area contributed by atoms with Crippen molar-refractivity contribution >= 4 is 28.9 Å². The molecule has 0 atom stereocenters. The molecule has 0 unspecified atom stereocenters. The zero-order chi connectivity index (χ0) is 18.8. The Balaban J connectivity index is 2.20. The highest BCUT2D eigenvalue weighted by Gasteiger charge is 2.36. The molecule has 134 valence electrons. The lowest BCUT2D eigenvalue weighted by atomic mass is 10.0. The van der Waals surface area contributed by atoms with Gasteiger partial charge in [-0.3, -0.25) is 0 Å². The fourth-order valence-electron chi connectivity index (χ4n) is 2.19. The van der Waals surface area contributed by atoms with E-state index < -0.39 is 29.8 Å². The Morgan fingerprint density at radius 1 is 0.960 bits per heavy atom. The molecule has 0 amide bonds. The van der Waals surface area contributed by atoms with E-state index in [0.717, 1.165) is 18.2 Å². The minimum absolute atomic E-state index is 0.195. The summed E-state index contributed by atoms with van der Waals surface area (Å²) in [5, 5.41) is 2.22. The molecule has 0 aliphatic rings. The van der Waals surface area contributed by atoms with Crippen LogP contribution in [-0.4, -0.2) is 6.54 Å². The Kier molecular flexibility index (Phi) is 5.64. The van der Waals surface area contributed by atoms with Crippen molar-refractivity contribution in [1.29, 1.82) is 0 Å². The lowest BCUT2D eigenvalue weighted by molar-refractivity contribution is -0.137. The van der Waals surface area contributed by atoms with Crippen molar-refractivity contribution in [3.8, 4) is 0 Å². The summed E-state index contributed by atoms with van der Waals surface area (Å²) < 4.78 is 67.6. The molecule has 2 aromatic rings. The molecule has 0 aromatic heterocycles. The van der Waals surface area contributed by atoms with Crippen LogP contribution in [-0.2, 0) is 12.1 Å². The van der Waals surface area contributed by atoms with Gasteiger partial charge in [0.25, 0.3) is 5.92 Å². The first kappa shape index (κ1) is 19.5. The molecular formula is C17H12Cl2F5N. The number of benzene rings is 2. The predicted molar refractivity (Wildman–Crippen MR) is 88.8 cm³/mol. The van der Waals surface area contributed by atoms with Crippen LogP contribution in [0.5, 0.6) is 0 Å². The molecule has 0 radical (unpaired) electrons. The minimum atomic E-state index is -4.62. The normalized spacial score (nSPS) is 12.1. The highest BCUT2D eigenvalue weighted by Crippen LogP contribution is 2.36. The van der Waals surface area contributed by atoms with Crippen molar-refractivity contribution in [3.05, 3.63) is 75.8 Å². The van der Waals surface area contributed by atoms with Gasteiger partial charge in [0.05, 0.1) is 17.1 Å². The number of rotatable bonds is 5. The quantitative estimate of drug-likeness (QED) is 0.580. The Labute approximate surface area is 151 Å². The van der Waals surface area contributed by atoms with Crippen LogP contribution < -0.4 is 5.32 Å². The maximum Gasteiger partial charge on any atom is 0.417 e. The van der Waals surface area contributed by atoms with E-state index in [1.165, 1.54) is 24.3 Å². The Morgan fingerprint density at radius 2 is 1.60 bits per heavy atom. The average molecular weight is 396 g/mol. The molecule has 0 aliphatic heterocycles. The molecule has 25 heavy (non-hydrogen) atoms. The van der Waals surface area contributed by atoms with Crippen LogP contribution in [0.4, 0.5) is 22.0 Å². The summed E-state index contributed by atoms with van der Waals surface area (Å²) >= 11 is 11.4. The Morgan fingerprint density at radius 3 is 2.20 bits per heavy atom. The zero-order valence-corrected chi connectivity index (χ0v) is 14.1. The van der Waals surface area contributed by atoms with Crippen molar-refractivity contribution in [2.24, 2.45) is 0 Å². The van der Waals surface area contributed by atoms with E-state index in [2.05, 4.69) is 11.9 Å². The van der Waals surface area contributed by atoms with Gasteiger partial charge in [-0.25, -0.2) is 0 Å². The summed E-state index contributed by atoms with van der Waals surface area (Å²) in [5.41, 5.74) is -2.01. The Hall–Kier alpha value is -1.79. The maximum absolute atomic E-state index is 14.3. The molecule has 0 spiro atoms. The first-order chi connectivity index (χ1) is 11.5. The van der Waals surface area contributed by atoms with Gasteiger partial charge < -0.3 is 5.32 Å². The van der Waals surface area contributed by atoms with Gasteiger partial charge in [0, 0.05) is 21.8 Å². The van der Waals surface area contributed by atoms with E-state index in [0.29, 0.717) is 0 Å². The number of hydrogen-bond donors (Lipinski definition) is 1. The van der Waals surface area contributed by atoms with Gasteiger partial charge in [-0.1, -0.05) is 48.0 Å². The van der Waals surface area contributed by atoms with Crippen LogP contribution in [0.15, 0.2) is 49.0 Å². The SMILES string of the molecule is C=C(NCC(F)(F)c1ccc(Cl)cc1Cl)c1ccccc1C(F)(F)F. The van der Waals surface area contributed by atoms with Gasteiger partial charge in [-0.05, 0) is 24.3 Å². The van der Waals surface area contributed by atoms with E-state index in [9.17, 15) is 22.0 Å². The van der Waals surface area contributed by atoms with E-state index in [1.54, 1.807) is 0 Å². The van der Waals surface area contributed by atoms with Crippen LogP contribution in [0, 0.1) is 0 Å². The molecule has 2 rings (SSSR count). The van der Waals surface area contributed by atoms with Crippen molar-refractivity contribution in [2.75, 3.05) is 6.54 Å². The number of hydrogen-bond acceptors (Lipinski definition) is 1. The van der Waals surface area contributed by atoms with E-state index in [-0.39, 0.29) is 21.3 Å². The highest BCUT2D eigenvalue weighted by atomic mass is 35.5. The summed E-state index contributed by atoms with van der Waals surface area (Å²) in [6.45, 7) is 2.46. The molecule has 0 heterocycles. The van der Waals surface area contributed by atoms with Crippen LogP contribution in [0.1, 0.15) is 16.7 Å². The standard InChI is InChI=1S/C17H12Cl2F5N/c1-10(12-4-2-3-5-13(12)17(22,23)24)25-9-16(20,21)14-7-6-11(18)8-15(14)19/h2-8,25H,1,9H2. The lowest BCUT2D eigenvalue weighted by Crippen LogP contribution is -2.30. The van der Waals surface area contributed by atoms with Gasteiger partial charge in [-0.15, -0.1) is 0 Å². The average Bonchev–Trinajstić information content (AvgIpc) is 2.51. The first-order valence-electron chi connectivity index (χ1n) is 6.95. The van der Waals surface area contributed by atoms with Crippen LogP contribution >= 0.6 is 23.2 Å². The highest BCUT2D eigenvalue weighted by molar-refractivity contribution is 6.35. The fourth-order valence-corrected chi connectivity index (χ4v) is 2.73. The van der Waals surface area contributed by atoms with Gasteiger partial charge in [0.15, 0.2) is 0 Å². The predicted octanol–water partition coefficient (Wildman–Crippen LogP) is 6.36. The molecule has 0 fully saturated rings. The Bertz CT molecular complexity index is 787. The van der Waals surface area contributed by atoms with E-state index in [1.807, 2.05) is 0 Å². The van der Waals surface area contributed by atoms with Crippen LogP contribution in [0.2, 0.25) is 10.0 Å². The third-order valence-electron chi connectivity index (χ3n) is 3.41. The zero-order valence-electron chi connectivity index (χ0n) is 12.6. The van der Waals surface area contributed by atoms with Gasteiger partial charge in [0.2, 0.25) is 0 Å². The van der Waals surface area contributed by atoms with Gasteiger partial charge in [-0.2, -0.15) is 22.0 Å². The maximum atomic E-state index is 14.3. The van der Waals surface area contributed by atoms with E-state index in [4.69, 9.17) is 23.2 Å². The molecule has 0 saturated carbocycles. The lowest BCUT2D eigenvalue weighted by Gasteiger charge is -2.21. The largest absolute Gasteiger partial charge is 0.417 e. The van der Waals surface area contributed by atoms with Gasteiger partial charge >= 0.3 is 6.18 Å². The summed E-state index contributed by atoms with van der Waals surface area (Å²) in [4.78, 5) is 0. The topological polar surface area (TPSA) is 12.0 Å². The van der Waals surface area contributed by atoms with E-state index >= 15 is 0 Å². The summed E-state index contributed by atoms with van der Waals surface area (Å²) in [6, 6.07) is 8.08. The number of alkyl halides is 5. The van der Waals surface area contributed by atoms with Crippen molar-refractivity contribution in [2.45, 2.75) is 12.1 Å².